The van der Waals surface area contributed by atoms with Gasteiger partial charge in [-0.2, -0.15) is 0 Å². The second-order valence-electron chi connectivity index (χ2n) is 9.60. The Balaban J connectivity index is 0.000000777. The van der Waals surface area contributed by atoms with Crippen LogP contribution in [0.25, 0.3) is 16.6 Å². The largest absolute Gasteiger partial charge is 0.484 e. The van der Waals surface area contributed by atoms with Gasteiger partial charge in [0.1, 0.15) is 23.8 Å². The van der Waals surface area contributed by atoms with E-state index in [1.54, 1.807) is 17.7 Å². The highest BCUT2D eigenvalue weighted by molar-refractivity contribution is 6.30. The fourth-order valence-corrected chi connectivity index (χ4v) is 4.54. The van der Waals surface area contributed by atoms with Crippen molar-refractivity contribution in [1.29, 1.82) is 0 Å². The molecule has 4 heterocycles. The van der Waals surface area contributed by atoms with E-state index in [9.17, 15) is 23.1 Å². The predicted molar refractivity (Wildman–Crippen MR) is 146 cm³/mol. The Kier molecular flexibility index (Phi) is 8.57. The molecule has 12 heteroatoms. The summed E-state index contributed by atoms with van der Waals surface area (Å²) < 4.78 is 54.9. The lowest BCUT2D eigenvalue weighted by Crippen LogP contribution is -2.22. The second-order valence-corrected chi connectivity index (χ2v) is 10.0. The highest BCUT2D eigenvalue weighted by Crippen LogP contribution is 2.27. The maximum absolute atomic E-state index is 14.7. The molecule has 2 aliphatic heterocycles. The van der Waals surface area contributed by atoms with Crippen LogP contribution in [0.2, 0.25) is 5.02 Å². The summed E-state index contributed by atoms with van der Waals surface area (Å²) in [6.45, 7) is 3.18. The number of hydrogen-bond acceptors (Lipinski definition) is 6. The first-order chi connectivity index (χ1) is 19.7. The molecule has 1 N–H and O–H groups in total. The van der Waals surface area contributed by atoms with Crippen LogP contribution in [0.4, 0.5) is 13.2 Å². The molecule has 2 aromatic carbocycles. The van der Waals surface area contributed by atoms with Crippen LogP contribution < -0.4 is 4.74 Å². The van der Waals surface area contributed by atoms with E-state index in [1.165, 1.54) is 24.6 Å². The van der Waals surface area contributed by atoms with E-state index >= 15 is 0 Å². The number of benzene rings is 2. The molecule has 0 radical (unpaired) electrons. The van der Waals surface area contributed by atoms with Crippen molar-refractivity contribution < 1.29 is 32.5 Å². The number of carbonyl (C=O) groups is 1. The van der Waals surface area contributed by atoms with Crippen LogP contribution in [0.5, 0.6) is 5.75 Å². The van der Waals surface area contributed by atoms with Crippen molar-refractivity contribution in [2.75, 3.05) is 26.3 Å². The zero-order valence-electron chi connectivity index (χ0n) is 22.0. The summed E-state index contributed by atoms with van der Waals surface area (Å²) in [5, 5.41) is 9.46. The van der Waals surface area contributed by atoms with Gasteiger partial charge in [-0.25, -0.2) is 22.9 Å². The van der Waals surface area contributed by atoms with Crippen LogP contribution in [0, 0.1) is 17.5 Å². The standard InChI is InChI=1S/C26H20ClF3N4O3.C3H6O/c1-33-22-7-15(26(35)36)6-20(29)25(22)32-24(33)12-34-5-4-14(11-34)18-9-17(31-10-21(18)30)13-37-23-3-2-16(27)8-19(23)28;1-2-4-3-1/h2-4,6-10H,5,11-13H2,1H3,(H,35,36);1-3H2. The van der Waals surface area contributed by atoms with E-state index in [0.717, 1.165) is 37.1 Å². The quantitative estimate of drug-likeness (QED) is 0.300. The number of aromatic nitrogens is 3. The molecule has 4 aromatic rings. The molecule has 0 unspecified atom stereocenters. The molecule has 1 fully saturated rings. The molecular weight excluding hydrogens is 561 g/mol. The Hall–Kier alpha value is -3.93. The monoisotopic (exact) mass is 586 g/mol. The van der Waals surface area contributed by atoms with Gasteiger partial charge in [-0.1, -0.05) is 17.7 Å². The van der Waals surface area contributed by atoms with E-state index < -0.39 is 23.4 Å². The minimum atomic E-state index is -1.22. The summed E-state index contributed by atoms with van der Waals surface area (Å²) in [4.78, 5) is 21.7. The lowest BCUT2D eigenvalue weighted by Gasteiger charge is -2.16. The predicted octanol–water partition coefficient (Wildman–Crippen LogP) is 5.62. The van der Waals surface area contributed by atoms with Crippen LogP contribution in [0.1, 0.15) is 33.9 Å². The number of carboxylic acid groups (broad SMARTS) is 1. The second kappa shape index (κ2) is 12.3. The van der Waals surface area contributed by atoms with E-state index in [1.807, 2.05) is 11.0 Å². The van der Waals surface area contributed by atoms with Gasteiger partial charge in [0, 0.05) is 43.9 Å². The Labute approximate surface area is 238 Å². The van der Waals surface area contributed by atoms with Gasteiger partial charge >= 0.3 is 5.97 Å². The maximum Gasteiger partial charge on any atom is 0.335 e. The molecule has 0 bridgehead atoms. The van der Waals surface area contributed by atoms with Gasteiger partial charge in [0.2, 0.25) is 0 Å². The fourth-order valence-electron chi connectivity index (χ4n) is 4.38. The van der Waals surface area contributed by atoms with Gasteiger partial charge in [0.15, 0.2) is 17.4 Å². The number of aromatic carboxylic acids is 1. The average molecular weight is 587 g/mol. The zero-order valence-corrected chi connectivity index (χ0v) is 22.8. The van der Waals surface area contributed by atoms with Crippen LogP contribution in [0.3, 0.4) is 0 Å². The smallest absolute Gasteiger partial charge is 0.335 e. The van der Waals surface area contributed by atoms with Gasteiger partial charge in [-0.15, -0.1) is 0 Å². The number of pyridine rings is 1. The molecule has 0 saturated carbocycles. The van der Waals surface area contributed by atoms with Crippen molar-refractivity contribution in [3.63, 3.8) is 0 Å². The van der Waals surface area contributed by atoms with E-state index in [0.29, 0.717) is 42.2 Å². The average Bonchev–Trinajstić information content (AvgIpc) is 3.48. The van der Waals surface area contributed by atoms with E-state index in [4.69, 9.17) is 21.1 Å². The van der Waals surface area contributed by atoms with Crippen molar-refractivity contribution >= 4 is 34.2 Å². The summed E-state index contributed by atoms with van der Waals surface area (Å²) in [5.74, 6) is -2.48. The van der Waals surface area contributed by atoms with Crippen molar-refractivity contribution in [1.82, 2.24) is 19.4 Å². The highest BCUT2D eigenvalue weighted by atomic mass is 35.5. The van der Waals surface area contributed by atoms with Crippen LogP contribution in [0.15, 0.2) is 48.7 Å². The number of aryl methyl sites for hydroxylation is 1. The first-order valence-corrected chi connectivity index (χ1v) is 13.2. The molecule has 0 aliphatic carbocycles. The first kappa shape index (κ1) is 28.6. The molecule has 1 saturated heterocycles. The first-order valence-electron chi connectivity index (χ1n) is 12.8. The lowest BCUT2D eigenvalue weighted by molar-refractivity contribution is 0.0367. The Morgan fingerprint density at radius 1 is 1.12 bits per heavy atom. The number of fused-ring (bicyclic) bond motifs is 1. The molecule has 0 amide bonds. The van der Waals surface area contributed by atoms with Gasteiger partial charge in [0.25, 0.3) is 0 Å². The number of imidazole rings is 1. The van der Waals surface area contributed by atoms with Crippen LogP contribution in [-0.4, -0.2) is 56.8 Å². The van der Waals surface area contributed by atoms with Gasteiger partial charge < -0.3 is 19.1 Å². The minimum Gasteiger partial charge on any atom is -0.484 e. The summed E-state index contributed by atoms with van der Waals surface area (Å²) >= 11 is 5.76. The van der Waals surface area contributed by atoms with Gasteiger partial charge in [-0.3, -0.25) is 9.88 Å². The number of rotatable bonds is 7. The number of halogens is 4. The zero-order chi connectivity index (χ0) is 29.1. The third kappa shape index (κ3) is 6.53. The van der Waals surface area contributed by atoms with Crippen molar-refractivity contribution in [2.24, 2.45) is 7.05 Å². The van der Waals surface area contributed by atoms with E-state index in [2.05, 4.69) is 9.97 Å². The topological polar surface area (TPSA) is 89.7 Å². The minimum absolute atomic E-state index is 0.0118. The summed E-state index contributed by atoms with van der Waals surface area (Å²) in [5.41, 5.74) is 1.83. The normalized spacial score (nSPS) is 14.8. The Bertz CT molecular complexity index is 1630. The number of nitrogens with zero attached hydrogens (tertiary/aromatic N) is 4. The molecule has 2 aromatic heterocycles. The molecule has 2 aliphatic rings. The molecule has 8 nitrogen and oxygen atoms in total. The number of hydrogen-bond donors (Lipinski definition) is 1. The highest BCUT2D eigenvalue weighted by Gasteiger charge is 2.22. The third-order valence-electron chi connectivity index (χ3n) is 6.74. The lowest BCUT2D eigenvalue weighted by atomic mass is 10.1. The number of ether oxygens (including phenoxy) is 2. The van der Waals surface area contributed by atoms with Gasteiger partial charge in [-0.05, 0) is 48.4 Å². The summed E-state index contributed by atoms with van der Waals surface area (Å²) in [7, 11) is 1.69. The van der Waals surface area contributed by atoms with Crippen molar-refractivity contribution in [3.8, 4) is 5.75 Å². The SMILES string of the molecule is C1COC1.Cn1c(CN2CC=C(c3cc(COc4ccc(Cl)cc4F)ncc3F)C2)nc2c(F)cc(C(=O)O)cc21. The molecular formula is C29H26ClF3N4O4. The maximum atomic E-state index is 14.7. The van der Waals surface area contributed by atoms with E-state index in [-0.39, 0.29) is 28.5 Å². The summed E-state index contributed by atoms with van der Waals surface area (Å²) in [6, 6.07) is 7.96. The molecule has 214 valence electrons. The Morgan fingerprint density at radius 3 is 2.56 bits per heavy atom. The van der Waals surface area contributed by atoms with Crippen LogP contribution >= 0.6 is 11.6 Å². The Morgan fingerprint density at radius 2 is 1.88 bits per heavy atom. The van der Waals surface area contributed by atoms with Crippen molar-refractivity contribution in [3.05, 3.63) is 93.8 Å². The number of carboxylic acids is 1. The fraction of sp³-hybridized carbons (Fsp3) is 0.276. The van der Waals surface area contributed by atoms with Gasteiger partial charge in [0.05, 0.1) is 29.5 Å². The molecule has 41 heavy (non-hydrogen) atoms. The molecule has 0 spiro atoms. The molecule has 6 rings (SSSR count). The van der Waals surface area contributed by atoms with Crippen LogP contribution in [-0.2, 0) is 24.9 Å². The third-order valence-corrected chi connectivity index (χ3v) is 6.97. The van der Waals surface area contributed by atoms with Crippen molar-refractivity contribution in [2.45, 2.75) is 19.6 Å². The molecule has 0 atom stereocenters. The summed E-state index contributed by atoms with van der Waals surface area (Å²) in [6.07, 6.45) is 4.26.